The topological polar surface area (TPSA) is 71.3 Å². The molecule has 1 aromatic heterocycles. The van der Waals surface area contributed by atoms with Crippen LogP contribution in [0.4, 0.5) is 5.69 Å². The Morgan fingerprint density at radius 2 is 2.05 bits per heavy atom. The number of hydrogen-bond acceptors (Lipinski definition) is 4. The van der Waals surface area contributed by atoms with Crippen molar-refractivity contribution in [2.75, 3.05) is 11.3 Å². The fourth-order valence-corrected chi connectivity index (χ4v) is 3.15. The predicted molar refractivity (Wildman–Crippen MR) is 86.1 cm³/mol. The van der Waals surface area contributed by atoms with Crippen LogP contribution in [-0.2, 0) is 16.6 Å². The standard InChI is InChI=1S/C13H15IN2O3S/c1-2-15-9-12-6-7-13(19-12)20(17,18)16-11-5-3-4-10(14)8-11/h3-8,15-16H,2,9H2,1H3. The normalized spacial score (nSPS) is 11.5. The van der Waals surface area contributed by atoms with Gasteiger partial charge in [0, 0.05) is 9.26 Å². The number of furan rings is 1. The second-order valence-corrected chi connectivity index (χ2v) is 6.98. The highest BCUT2D eigenvalue weighted by Crippen LogP contribution is 2.19. The summed E-state index contributed by atoms with van der Waals surface area (Å²) in [6.07, 6.45) is 0. The maximum atomic E-state index is 12.2. The van der Waals surface area contributed by atoms with E-state index in [4.69, 9.17) is 4.42 Å². The maximum Gasteiger partial charge on any atom is 0.295 e. The van der Waals surface area contributed by atoms with Crippen molar-refractivity contribution in [2.24, 2.45) is 0 Å². The lowest BCUT2D eigenvalue weighted by atomic mass is 10.3. The largest absolute Gasteiger partial charge is 0.446 e. The smallest absolute Gasteiger partial charge is 0.295 e. The fourth-order valence-electron chi connectivity index (χ4n) is 1.60. The highest BCUT2D eigenvalue weighted by atomic mass is 127. The van der Waals surface area contributed by atoms with Crippen LogP contribution in [0.15, 0.2) is 45.9 Å². The van der Waals surface area contributed by atoms with Gasteiger partial charge in [0.15, 0.2) is 0 Å². The van der Waals surface area contributed by atoms with Crippen molar-refractivity contribution in [3.8, 4) is 0 Å². The van der Waals surface area contributed by atoms with Gasteiger partial charge >= 0.3 is 0 Å². The Bertz CT molecular complexity index is 682. The molecule has 0 radical (unpaired) electrons. The van der Waals surface area contributed by atoms with Crippen molar-refractivity contribution in [3.05, 3.63) is 45.7 Å². The summed E-state index contributed by atoms with van der Waals surface area (Å²) >= 11 is 2.12. The lowest BCUT2D eigenvalue weighted by molar-refractivity contribution is 0.405. The molecule has 0 amide bonds. The molecule has 0 aliphatic carbocycles. The first-order chi connectivity index (χ1) is 9.51. The minimum Gasteiger partial charge on any atom is -0.446 e. The summed E-state index contributed by atoms with van der Waals surface area (Å²) < 4.78 is 33.1. The molecule has 108 valence electrons. The molecule has 2 N–H and O–H groups in total. The maximum absolute atomic E-state index is 12.2. The number of benzene rings is 1. The molecule has 0 aliphatic heterocycles. The van der Waals surface area contributed by atoms with Crippen molar-refractivity contribution >= 4 is 38.3 Å². The van der Waals surface area contributed by atoms with Crippen molar-refractivity contribution < 1.29 is 12.8 Å². The molecule has 2 rings (SSSR count). The van der Waals surface area contributed by atoms with Crippen molar-refractivity contribution in [1.29, 1.82) is 0 Å². The Morgan fingerprint density at radius 3 is 2.75 bits per heavy atom. The van der Waals surface area contributed by atoms with E-state index in [2.05, 4.69) is 32.6 Å². The molecular formula is C13H15IN2O3S. The van der Waals surface area contributed by atoms with Crippen LogP contribution in [0.5, 0.6) is 0 Å². The Hall–Kier alpha value is -1.06. The molecule has 0 saturated heterocycles. The molecule has 0 bridgehead atoms. The summed E-state index contributed by atoms with van der Waals surface area (Å²) in [7, 11) is -3.68. The van der Waals surface area contributed by atoms with E-state index in [-0.39, 0.29) is 5.09 Å². The molecule has 0 unspecified atom stereocenters. The van der Waals surface area contributed by atoms with Gasteiger partial charge in [-0.3, -0.25) is 4.72 Å². The van der Waals surface area contributed by atoms with Crippen molar-refractivity contribution in [3.63, 3.8) is 0 Å². The molecule has 0 aliphatic rings. The van der Waals surface area contributed by atoms with Gasteiger partial charge in [-0.15, -0.1) is 0 Å². The van der Waals surface area contributed by atoms with Gasteiger partial charge in [-0.2, -0.15) is 8.42 Å². The zero-order chi connectivity index (χ0) is 14.6. The van der Waals surface area contributed by atoms with Crippen LogP contribution in [-0.4, -0.2) is 15.0 Å². The van der Waals surface area contributed by atoms with Crippen LogP contribution in [0.1, 0.15) is 12.7 Å². The number of sulfonamides is 1. The van der Waals surface area contributed by atoms with Crippen molar-refractivity contribution in [2.45, 2.75) is 18.6 Å². The van der Waals surface area contributed by atoms with E-state index < -0.39 is 10.0 Å². The first-order valence-electron chi connectivity index (χ1n) is 6.09. The van der Waals surface area contributed by atoms with Gasteiger partial charge in [0.05, 0.1) is 6.54 Å². The van der Waals surface area contributed by atoms with E-state index in [1.54, 1.807) is 24.3 Å². The Kier molecular flexibility index (Phi) is 5.06. The quantitative estimate of drug-likeness (QED) is 0.724. The fraction of sp³-hybridized carbons (Fsp3) is 0.231. The van der Waals surface area contributed by atoms with Crippen LogP contribution in [0.25, 0.3) is 0 Å². The van der Waals surface area contributed by atoms with Gasteiger partial charge in [0.2, 0.25) is 5.09 Å². The number of halogens is 1. The minimum atomic E-state index is -3.68. The van der Waals surface area contributed by atoms with Crippen LogP contribution in [0.2, 0.25) is 0 Å². The third-order valence-corrected chi connectivity index (χ3v) is 4.45. The highest BCUT2D eigenvalue weighted by Gasteiger charge is 2.18. The van der Waals surface area contributed by atoms with Crippen molar-refractivity contribution in [1.82, 2.24) is 5.32 Å². The zero-order valence-electron chi connectivity index (χ0n) is 10.9. The SMILES string of the molecule is CCNCc1ccc(S(=O)(=O)Nc2cccc(I)c2)o1. The molecule has 5 nitrogen and oxygen atoms in total. The van der Waals surface area contributed by atoms with E-state index >= 15 is 0 Å². The van der Waals surface area contributed by atoms with Crippen LogP contribution >= 0.6 is 22.6 Å². The molecule has 20 heavy (non-hydrogen) atoms. The first kappa shape index (κ1) is 15.3. The summed E-state index contributed by atoms with van der Waals surface area (Å²) in [6.45, 7) is 3.28. The van der Waals surface area contributed by atoms with Gasteiger partial charge in [0.25, 0.3) is 10.0 Å². The number of hydrogen-bond donors (Lipinski definition) is 2. The molecule has 0 spiro atoms. The van der Waals surface area contributed by atoms with Crippen LogP contribution in [0.3, 0.4) is 0 Å². The molecule has 0 fully saturated rings. The molecule has 7 heteroatoms. The summed E-state index contributed by atoms with van der Waals surface area (Å²) in [5.41, 5.74) is 0.515. The van der Waals surface area contributed by atoms with E-state index in [0.717, 1.165) is 10.1 Å². The third kappa shape index (κ3) is 3.97. The second-order valence-electron chi connectivity index (χ2n) is 4.12. The summed E-state index contributed by atoms with van der Waals surface area (Å²) in [5.74, 6) is 0.592. The molecule has 2 aromatic rings. The van der Waals surface area contributed by atoms with E-state index in [1.165, 1.54) is 6.07 Å². The molecule has 0 atom stereocenters. The lowest BCUT2D eigenvalue weighted by Gasteiger charge is -2.06. The molecule has 0 saturated carbocycles. The summed E-state index contributed by atoms with van der Waals surface area (Å²) in [5, 5.41) is 3.00. The summed E-state index contributed by atoms with van der Waals surface area (Å²) in [4.78, 5) is 0. The molecular weight excluding hydrogens is 391 g/mol. The van der Waals surface area contributed by atoms with Gasteiger partial charge in [-0.05, 0) is 59.5 Å². The van der Waals surface area contributed by atoms with E-state index in [9.17, 15) is 8.42 Å². The molecule has 1 heterocycles. The Labute approximate surface area is 131 Å². The summed E-state index contributed by atoms with van der Waals surface area (Å²) in [6, 6.07) is 10.2. The van der Waals surface area contributed by atoms with E-state index in [0.29, 0.717) is 18.0 Å². The zero-order valence-corrected chi connectivity index (χ0v) is 13.9. The number of anilines is 1. The van der Waals surface area contributed by atoms with Gasteiger partial charge in [-0.1, -0.05) is 13.0 Å². The monoisotopic (exact) mass is 406 g/mol. The minimum absolute atomic E-state index is 0.0794. The predicted octanol–water partition coefficient (Wildman–Crippen LogP) is 2.79. The van der Waals surface area contributed by atoms with Gasteiger partial charge < -0.3 is 9.73 Å². The Balaban J connectivity index is 2.16. The van der Waals surface area contributed by atoms with Gasteiger partial charge in [-0.25, -0.2) is 0 Å². The average Bonchev–Trinajstić information content (AvgIpc) is 2.85. The van der Waals surface area contributed by atoms with Crippen LogP contribution in [0, 0.1) is 3.57 Å². The number of rotatable bonds is 6. The van der Waals surface area contributed by atoms with Crippen LogP contribution < -0.4 is 10.0 Å². The Morgan fingerprint density at radius 1 is 1.25 bits per heavy atom. The third-order valence-electron chi connectivity index (χ3n) is 2.53. The average molecular weight is 406 g/mol. The second kappa shape index (κ2) is 6.59. The number of nitrogens with one attached hydrogen (secondary N) is 2. The highest BCUT2D eigenvalue weighted by molar-refractivity contribution is 14.1. The lowest BCUT2D eigenvalue weighted by Crippen LogP contribution is -2.13. The first-order valence-corrected chi connectivity index (χ1v) is 8.65. The molecule has 1 aromatic carbocycles. The van der Waals surface area contributed by atoms with E-state index in [1.807, 2.05) is 13.0 Å². The van der Waals surface area contributed by atoms with Gasteiger partial charge in [0.1, 0.15) is 5.76 Å².